The molecule has 1 aromatic heterocycles. The molecule has 2 rings (SSSR count). The topological polar surface area (TPSA) is 25.2 Å². The molecule has 1 heterocycles. The largest absolute Gasteiger partial charge is 0.465 e. The zero-order chi connectivity index (χ0) is 11.4. The minimum Gasteiger partial charge on any atom is -0.465 e. The maximum atomic E-state index is 5.68. The van der Waals surface area contributed by atoms with Gasteiger partial charge >= 0.3 is 0 Å². The highest BCUT2D eigenvalue weighted by molar-refractivity contribution is 5.06. The molecule has 0 aliphatic heterocycles. The van der Waals surface area contributed by atoms with Gasteiger partial charge in [0.15, 0.2) is 0 Å². The van der Waals surface area contributed by atoms with Crippen LogP contribution in [-0.4, -0.2) is 6.04 Å². The third-order valence-electron chi connectivity index (χ3n) is 3.77. The fourth-order valence-corrected chi connectivity index (χ4v) is 2.59. The summed E-state index contributed by atoms with van der Waals surface area (Å²) in [6, 6.07) is 4.79. The maximum absolute atomic E-state index is 5.68. The fourth-order valence-electron chi connectivity index (χ4n) is 2.59. The van der Waals surface area contributed by atoms with E-state index < -0.39 is 0 Å². The Morgan fingerprint density at radius 3 is 2.62 bits per heavy atom. The summed E-state index contributed by atoms with van der Waals surface area (Å²) in [5.74, 6) is 3.03. The van der Waals surface area contributed by atoms with Gasteiger partial charge in [-0.1, -0.05) is 19.8 Å². The van der Waals surface area contributed by atoms with Crippen LogP contribution in [0.1, 0.15) is 51.1 Å². The SMILES string of the molecule is CCc1ccc(CNC(C)C2CCCC2)o1. The Bertz CT molecular complexity index is 312. The molecule has 1 atom stereocenters. The van der Waals surface area contributed by atoms with Crippen molar-refractivity contribution >= 4 is 0 Å². The number of hydrogen-bond acceptors (Lipinski definition) is 2. The second-order valence-electron chi connectivity index (χ2n) is 4.94. The number of nitrogens with one attached hydrogen (secondary N) is 1. The Morgan fingerprint density at radius 2 is 2.00 bits per heavy atom. The summed E-state index contributed by atoms with van der Waals surface area (Å²) in [4.78, 5) is 0. The van der Waals surface area contributed by atoms with E-state index in [-0.39, 0.29) is 0 Å². The van der Waals surface area contributed by atoms with Gasteiger partial charge in [0.2, 0.25) is 0 Å². The standard InChI is InChI=1S/C14H23NO/c1-3-13-8-9-14(16-13)10-15-11(2)12-6-4-5-7-12/h8-9,11-12,15H,3-7,10H2,1-2H3. The number of aryl methyl sites for hydroxylation is 1. The summed E-state index contributed by atoms with van der Waals surface area (Å²) in [7, 11) is 0. The molecule has 2 nitrogen and oxygen atoms in total. The van der Waals surface area contributed by atoms with Crippen LogP contribution < -0.4 is 5.32 Å². The summed E-state index contributed by atoms with van der Waals surface area (Å²) in [6.45, 7) is 5.30. The lowest BCUT2D eigenvalue weighted by Crippen LogP contribution is -2.31. The summed E-state index contributed by atoms with van der Waals surface area (Å²) in [5, 5.41) is 3.58. The summed E-state index contributed by atoms with van der Waals surface area (Å²) in [6.07, 6.45) is 6.60. The first-order valence-corrected chi connectivity index (χ1v) is 6.60. The Balaban J connectivity index is 1.77. The molecule has 1 N–H and O–H groups in total. The van der Waals surface area contributed by atoms with Crippen LogP contribution in [0, 0.1) is 5.92 Å². The van der Waals surface area contributed by atoms with Gasteiger partial charge in [-0.05, 0) is 37.8 Å². The van der Waals surface area contributed by atoms with E-state index in [0.717, 1.165) is 30.4 Å². The first-order valence-electron chi connectivity index (χ1n) is 6.60. The van der Waals surface area contributed by atoms with Gasteiger partial charge in [0, 0.05) is 12.5 Å². The summed E-state index contributed by atoms with van der Waals surface area (Å²) >= 11 is 0. The molecule has 0 spiro atoms. The molecule has 2 heteroatoms. The van der Waals surface area contributed by atoms with Crippen molar-refractivity contribution in [3.05, 3.63) is 23.7 Å². The van der Waals surface area contributed by atoms with Gasteiger partial charge in [0.25, 0.3) is 0 Å². The zero-order valence-electron chi connectivity index (χ0n) is 10.5. The van der Waals surface area contributed by atoms with E-state index >= 15 is 0 Å². The molecule has 0 bridgehead atoms. The van der Waals surface area contributed by atoms with Gasteiger partial charge in [0.05, 0.1) is 6.54 Å². The predicted octanol–water partition coefficient (Wildman–Crippen LogP) is 3.51. The zero-order valence-corrected chi connectivity index (χ0v) is 10.5. The molecular weight excluding hydrogens is 198 g/mol. The second kappa shape index (κ2) is 5.53. The van der Waals surface area contributed by atoms with Crippen LogP contribution in [0.3, 0.4) is 0 Å². The van der Waals surface area contributed by atoms with Crippen LogP contribution in [0.15, 0.2) is 16.5 Å². The molecule has 90 valence electrons. The van der Waals surface area contributed by atoms with Crippen molar-refractivity contribution < 1.29 is 4.42 Å². The van der Waals surface area contributed by atoms with Gasteiger partial charge in [-0.15, -0.1) is 0 Å². The Hall–Kier alpha value is -0.760. The molecular formula is C14H23NO. The lowest BCUT2D eigenvalue weighted by atomic mass is 10.00. The van der Waals surface area contributed by atoms with E-state index in [1.807, 2.05) is 0 Å². The van der Waals surface area contributed by atoms with Crippen LogP contribution in [0.5, 0.6) is 0 Å². The average molecular weight is 221 g/mol. The molecule has 1 saturated carbocycles. The first-order chi connectivity index (χ1) is 7.79. The highest BCUT2D eigenvalue weighted by Crippen LogP contribution is 2.27. The summed E-state index contributed by atoms with van der Waals surface area (Å²) in [5.41, 5.74) is 0. The van der Waals surface area contributed by atoms with E-state index in [1.165, 1.54) is 25.7 Å². The highest BCUT2D eigenvalue weighted by atomic mass is 16.3. The number of furan rings is 1. The van der Waals surface area contributed by atoms with Crippen LogP contribution in [0.2, 0.25) is 0 Å². The Labute approximate surface area is 98.4 Å². The van der Waals surface area contributed by atoms with E-state index in [9.17, 15) is 0 Å². The molecule has 1 unspecified atom stereocenters. The van der Waals surface area contributed by atoms with Crippen LogP contribution in [0.25, 0.3) is 0 Å². The quantitative estimate of drug-likeness (QED) is 0.823. The van der Waals surface area contributed by atoms with Crippen molar-refractivity contribution in [2.24, 2.45) is 5.92 Å². The van der Waals surface area contributed by atoms with Crippen molar-refractivity contribution in [2.45, 2.75) is 58.5 Å². The monoisotopic (exact) mass is 221 g/mol. The minimum absolute atomic E-state index is 0.623. The average Bonchev–Trinajstić information content (AvgIpc) is 2.96. The minimum atomic E-state index is 0.623. The van der Waals surface area contributed by atoms with E-state index in [4.69, 9.17) is 4.42 Å². The van der Waals surface area contributed by atoms with Gasteiger partial charge in [-0.25, -0.2) is 0 Å². The van der Waals surface area contributed by atoms with Crippen molar-refractivity contribution in [1.29, 1.82) is 0 Å². The van der Waals surface area contributed by atoms with E-state index in [2.05, 4.69) is 31.3 Å². The smallest absolute Gasteiger partial charge is 0.117 e. The van der Waals surface area contributed by atoms with Gasteiger partial charge in [-0.2, -0.15) is 0 Å². The molecule has 0 aromatic carbocycles. The lowest BCUT2D eigenvalue weighted by Gasteiger charge is -2.19. The molecule has 1 aromatic rings. The van der Waals surface area contributed by atoms with Crippen molar-refractivity contribution in [3.63, 3.8) is 0 Å². The molecule has 0 radical (unpaired) electrons. The van der Waals surface area contributed by atoms with Gasteiger partial charge < -0.3 is 9.73 Å². The summed E-state index contributed by atoms with van der Waals surface area (Å²) < 4.78 is 5.68. The molecule has 1 fully saturated rings. The predicted molar refractivity (Wildman–Crippen MR) is 66.3 cm³/mol. The maximum Gasteiger partial charge on any atom is 0.117 e. The lowest BCUT2D eigenvalue weighted by molar-refractivity contribution is 0.358. The molecule has 16 heavy (non-hydrogen) atoms. The van der Waals surface area contributed by atoms with Crippen molar-refractivity contribution in [1.82, 2.24) is 5.32 Å². The van der Waals surface area contributed by atoms with Crippen LogP contribution in [0.4, 0.5) is 0 Å². The second-order valence-corrected chi connectivity index (χ2v) is 4.94. The molecule has 0 amide bonds. The van der Waals surface area contributed by atoms with E-state index in [0.29, 0.717) is 6.04 Å². The molecule has 1 aliphatic rings. The third-order valence-corrected chi connectivity index (χ3v) is 3.77. The van der Waals surface area contributed by atoms with Crippen LogP contribution >= 0.6 is 0 Å². The van der Waals surface area contributed by atoms with Crippen molar-refractivity contribution in [3.8, 4) is 0 Å². The number of rotatable bonds is 5. The Morgan fingerprint density at radius 1 is 1.31 bits per heavy atom. The molecule has 0 saturated heterocycles. The Kier molecular flexibility index (Phi) is 4.05. The van der Waals surface area contributed by atoms with E-state index in [1.54, 1.807) is 0 Å². The van der Waals surface area contributed by atoms with Gasteiger partial charge in [0.1, 0.15) is 11.5 Å². The molecule has 1 aliphatic carbocycles. The van der Waals surface area contributed by atoms with Crippen molar-refractivity contribution in [2.75, 3.05) is 0 Å². The van der Waals surface area contributed by atoms with Crippen LogP contribution in [-0.2, 0) is 13.0 Å². The fraction of sp³-hybridized carbons (Fsp3) is 0.714. The first kappa shape index (κ1) is 11.7. The van der Waals surface area contributed by atoms with Gasteiger partial charge in [-0.3, -0.25) is 0 Å². The highest BCUT2D eigenvalue weighted by Gasteiger charge is 2.21. The third kappa shape index (κ3) is 2.88. The number of hydrogen-bond donors (Lipinski definition) is 1. The normalized spacial score (nSPS) is 19.1.